The molecule has 1 N–H and O–H groups in total. The Bertz CT molecular complexity index is 933. The number of rotatable bonds is 4. The van der Waals surface area contributed by atoms with Gasteiger partial charge in [-0.1, -0.05) is 0 Å². The SMILES string of the molecule is COc1ccc(OC)c(C(=O)N2CCCC(c3cc4ncccc4[nH]3)C2)c1. The van der Waals surface area contributed by atoms with Crippen LogP contribution in [0.15, 0.2) is 42.6 Å². The van der Waals surface area contributed by atoms with E-state index in [4.69, 9.17) is 9.47 Å². The van der Waals surface area contributed by atoms with Gasteiger partial charge in [-0.15, -0.1) is 0 Å². The first-order valence-electron chi connectivity index (χ1n) is 9.14. The number of carbonyl (C=O) groups excluding carboxylic acids is 1. The lowest BCUT2D eigenvalue weighted by Crippen LogP contribution is -2.39. The number of ether oxygens (including phenoxy) is 2. The van der Waals surface area contributed by atoms with E-state index in [1.54, 1.807) is 38.6 Å². The fourth-order valence-electron chi connectivity index (χ4n) is 3.76. The Hall–Kier alpha value is -3.02. The van der Waals surface area contributed by atoms with Crippen molar-refractivity contribution in [2.45, 2.75) is 18.8 Å². The van der Waals surface area contributed by atoms with Crippen LogP contribution in [0.4, 0.5) is 0 Å². The predicted molar refractivity (Wildman–Crippen MR) is 104 cm³/mol. The quantitative estimate of drug-likeness (QED) is 0.767. The maximum Gasteiger partial charge on any atom is 0.257 e. The van der Waals surface area contributed by atoms with Crippen LogP contribution in [-0.4, -0.2) is 48.1 Å². The molecule has 4 rings (SSSR count). The van der Waals surface area contributed by atoms with Crippen LogP contribution >= 0.6 is 0 Å². The number of amides is 1. The first-order chi connectivity index (χ1) is 13.2. The zero-order valence-corrected chi connectivity index (χ0v) is 15.6. The average molecular weight is 365 g/mol. The summed E-state index contributed by atoms with van der Waals surface area (Å²) in [5.74, 6) is 1.46. The summed E-state index contributed by atoms with van der Waals surface area (Å²) in [5.41, 5.74) is 3.67. The molecule has 0 saturated carbocycles. The van der Waals surface area contributed by atoms with Gasteiger partial charge in [0.15, 0.2) is 0 Å². The summed E-state index contributed by atoms with van der Waals surface area (Å²) in [5, 5.41) is 0. The highest BCUT2D eigenvalue weighted by Crippen LogP contribution is 2.31. The van der Waals surface area contributed by atoms with Crippen molar-refractivity contribution in [1.29, 1.82) is 0 Å². The van der Waals surface area contributed by atoms with Crippen molar-refractivity contribution in [3.8, 4) is 11.5 Å². The van der Waals surface area contributed by atoms with Gasteiger partial charge in [-0.2, -0.15) is 0 Å². The molecular formula is C21H23N3O3. The predicted octanol–water partition coefficient (Wildman–Crippen LogP) is 3.60. The summed E-state index contributed by atoms with van der Waals surface area (Å²) in [6.45, 7) is 1.42. The van der Waals surface area contributed by atoms with Gasteiger partial charge in [-0.3, -0.25) is 9.78 Å². The van der Waals surface area contributed by atoms with Crippen LogP contribution < -0.4 is 9.47 Å². The number of hydrogen-bond donors (Lipinski definition) is 1. The number of methoxy groups -OCH3 is 2. The molecule has 140 valence electrons. The molecule has 0 aliphatic carbocycles. The van der Waals surface area contributed by atoms with Gasteiger partial charge < -0.3 is 19.4 Å². The van der Waals surface area contributed by atoms with Crippen LogP contribution in [0.2, 0.25) is 0 Å². The summed E-state index contributed by atoms with van der Waals surface area (Å²) in [4.78, 5) is 22.9. The topological polar surface area (TPSA) is 67.5 Å². The number of aromatic amines is 1. The number of aromatic nitrogens is 2. The van der Waals surface area contributed by atoms with Gasteiger partial charge in [0.2, 0.25) is 0 Å². The Balaban J connectivity index is 1.58. The average Bonchev–Trinajstić information content (AvgIpc) is 3.17. The molecule has 3 aromatic rings. The third-order valence-corrected chi connectivity index (χ3v) is 5.20. The van der Waals surface area contributed by atoms with E-state index in [1.807, 2.05) is 17.0 Å². The van der Waals surface area contributed by atoms with Crippen molar-refractivity contribution in [2.24, 2.45) is 0 Å². The fourth-order valence-corrected chi connectivity index (χ4v) is 3.76. The van der Waals surface area contributed by atoms with Crippen molar-refractivity contribution in [3.63, 3.8) is 0 Å². The molecule has 1 saturated heterocycles. The number of pyridine rings is 1. The maximum atomic E-state index is 13.2. The third-order valence-electron chi connectivity index (χ3n) is 5.20. The molecule has 0 radical (unpaired) electrons. The highest BCUT2D eigenvalue weighted by Gasteiger charge is 2.28. The van der Waals surface area contributed by atoms with E-state index >= 15 is 0 Å². The maximum absolute atomic E-state index is 13.2. The Kier molecular flexibility index (Phi) is 4.71. The number of H-pyrrole nitrogens is 1. The molecular weight excluding hydrogens is 342 g/mol. The number of fused-ring (bicyclic) bond motifs is 1. The molecule has 1 atom stereocenters. The minimum atomic E-state index is -0.0234. The standard InChI is InChI=1S/C21H23N3O3/c1-26-15-7-8-20(27-2)16(11-15)21(25)24-10-4-5-14(13-24)18-12-19-17(23-18)6-3-9-22-19/h3,6-9,11-12,14,23H,4-5,10,13H2,1-2H3. The van der Waals surface area contributed by atoms with Gasteiger partial charge in [0.25, 0.3) is 5.91 Å². The summed E-state index contributed by atoms with van der Waals surface area (Å²) in [6.07, 6.45) is 3.81. The molecule has 2 aromatic heterocycles. The first kappa shape index (κ1) is 17.4. The van der Waals surface area contributed by atoms with Crippen molar-refractivity contribution in [2.75, 3.05) is 27.3 Å². The molecule has 1 aliphatic heterocycles. The highest BCUT2D eigenvalue weighted by atomic mass is 16.5. The second-order valence-corrected chi connectivity index (χ2v) is 6.82. The van der Waals surface area contributed by atoms with Crippen LogP contribution in [0, 0.1) is 0 Å². The van der Waals surface area contributed by atoms with Crippen molar-refractivity contribution < 1.29 is 14.3 Å². The van der Waals surface area contributed by atoms with Crippen LogP contribution in [0.25, 0.3) is 11.0 Å². The Morgan fingerprint density at radius 3 is 2.89 bits per heavy atom. The monoisotopic (exact) mass is 365 g/mol. The van der Waals surface area contributed by atoms with E-state index < -0.39 is 0 Å². The summed E-state index contributed by atoms with van der Waals surface area (Å²) >= 11 is 0. The van der Waals surface area contributed by atoms with Crippen molar-refractivity contribution in [3.05, 3.63) is 53.9 Å². The molecule has 6 heteroatoms. The van der Waals surface area contributed by atoms with Crippen LogP contribution in [-0.2, 0) is 0 Å². The third kappa shape index (κ3) is 3.35. The van der Waals surface area contributed by atoms with Gasteiger partial charge in [-0.05, 0) is 49.2 Å². The minimum Gasteiger partial charge on any atom is -0.497 e. The molecule has 1 unspecified atom stereocenters. The van der Waals surface area contributed by atoms with E-state index in [0.29, 0.717) is 23.6 Å². The largest absolute Gasteiger partial charge is 0.497 e. The summed E-state index contributed by atoms with van der Waals surface area (Å²) < 4.78 is 10.7. The Labute approximate surface area is 158 Å². The molecule has 27 heavy (non-hydrogen) atoms. The smallest absolute Gasteiger partial charge is 0.257 e. The van der Waals surface area contributed by atoms with Crippen LogP contribution in [0.1, 0.15) is 34.8 Å². The molecule has 1 fully saturated rings. The number of benzene rings is 1. The van der Waals surface area contributed by atoms with Crippen LogP contribution in [0.3, 0.4) is 0 Å². The molecule has 1 amide bonds. The molecule has 6 nitrogen and oxygen atoms in total. The van der Waals surface area contributed by atoms with Crippen molar-refractivity contribution >= 4 is 16.9 Å². The zero-order chi connectivity index (χ0) is 18.8. The lowest BCUT2D eigenvalue weighted by molar-refractivity contribution is 0.0702. The molecule has 1 aromatic carbocycles. The molecule has 1 aliphatic rings. The summed E-state index contributed by atoms with van der Waals surface area (Å²) in [6, 6.07) is 11.4. The second kappa shape index (κ2) is 7.31. The number of piperidine rings is 1. The Morgan fingerprint density at radius 2 is 2.11 bits per heavy atom. The first-order valence-corrected chi connectivity index (χ1v) is 9.14. The van der Waals surface area contributed by atoms with Gasteiger partial charge in [-0.25, -0.2) is 0 Å². The molecule has 3 heterocycles. The van der Waals surface area contributed by atoms with E-state index in [0.717, 1.165) is 36.1 Å². The number of hydrogen-bond acceptors (Lipinski definition) is 4. The summed E-state index contributed by atoms with van der Waals surface area (Å²) in [7, 11) is 3.17. The highest BCUT2D eigenvalue weighted by molar-refractivity contribution is 5.97. The number of nitrogens with one attached hydrogen (secondary N) is 1. The van der Waals surface area contributed by atoms with Gasteiger partial charge >= 0.3 is 0 Å². The van der Waals surface area contributed by atoms with Gasteiger partial charge in [0, 0.05) is 30.9 Å². The van der Waals surface area contributed by atoms with E-state index in [2.05, 4.69) is 16.0 Å². The van der Waals surface area contributed by atoms with Crippen molar-refractivity contribution in [1.82, 2.24) is 14.9 Å². The normalized spacial score (nSPS) is 17.1. The molecule has 0 spiro atoms. The van der Waals surface area contributed by atoms with E-state index in [-0.39, 0.29) is 11.8 Å². The lowest BCUT2D eigenvalue weighted by atomic mass is 9.94. The van der Waals surface area contributed by atoms with Crippen LogP contribution in [0.5, 0.6) is 11.5 Å². The van der Waals surface area contributed by atoms with Gasteiger partial charge in [0.05, 0.1) is 30.8 Å². The van der Waals surface area contributed by atoms with E-state index in [9.17, 15) is 4.79 Å². The van der Waals surface area contributed by atoms with E-state index in [1.165, 1.54) is 0 Å². The minimum absolute atomic E-state index is 0.0234. The number of nitrogens with zero attached hydrogens (tertiary/aromatic N) is 2. The Morgan fingerprint density at radius 1 is 1.22 bits per heavy atom. The fraction of sp³-hybridized carbons (Fsp3) is 0.333. The lowest BCUT2D eigenvalue weighted by Gasteiger charge is -2.32. The zero-order valence-electron chi connectivity index (χ0n) is 15.6. The molecule has 0 bridgehead atoms. The second-order valence-electron chi connectivity index (χ2n) is 6.82. The van der Waals surface area contributed by atoms with Gasteiger partial charge in [0.1, 0.15) is 11.5 Å². The number of likely N-dealkylation sites (tertiary alicyclic amines) is 1. The number of carbonyl (C=O) groups is 1.